The molecule has 0 unspecified atom stereocenters. The van der Waals surface area contributed by atoms with E-state index in [0.29, 0.717) is 48.1 Å². The first-order chi connectivity index (χ1) is 15.7. The smallest absolute Gasteiger partial charge is 0.321 e. The molecule has 9 heteroatoms. The number of aromatic nitrogens is 2. The lowest BCUT2D eigenvalue weighted by molar-refractivity contribution is -0.0156. The van der Waals surface area contributed by atoms with Gasteiger partial charge in [0.25, 0.3) is 0 Å². The number of nitrogens with zero attached hydrogens (tertiary/aromatic N) is 3. The van der Waals surface area contributed by atoms with Crippen LogP contribution >= 0.6 is 11.6 Å². The molecule has 1 saturated heterocycles. The third-order valence-electron chi connectivity index (χ3n) is 6.74. The largest absolute Gasteiger partial charge is 0.388 e. The highest BCUT2D eigenvalue weighted by Crippen LogP contribution is 2.47. The van der Waals surface area contributed by atoms with E-state index < -0.39 is 17.3 Å². The number of anilines is 1. The molecule has 7 nitrogen and oxygen atoms in total. The average molecular weight is 470 g/mol. The summed E-state index contributed by atoms with van der Waals surface area (Å²) in [6, 6.07) is 10.0. The van der Waals surface area contributed by atoms with Crippen molar-refractivity contribution in [2.75, 3.05) is 18.4 Å². The van der Waals surface area contributed by atoms with Crippen molar-refractivity contribution in [1.82, 2.24) is 15.1 Å². The molecule has 2 heterocycles. The molecule has 1 aliphatic rings. The molecule has 0 saturated carbocycles. The highest BCUT2D eigenvalue weighted by molar-refractivity contribution is 6.31. The fraction of sp³-hybridized carbons (Fsp3) is 0.375. The van der Waals surface area contributed by atoms with Gasteiger partial charge in [0, 0.05) is 29.7 Å². The van der Waals surface area contributed by atoms with Gasteiger partial charge in [-0.05, 0) is 54.5 Å². The van der Waals surface area contributed by atoms with Crippen LogP contribution < -0.4 is 5.32 Å². The van der Waals surface area contributed by atoms with Crippen molar-refractivity contribution in [2.45, 2.75) is 32.8 Å². The number of carbonyl (C=O) groups excluding carboxylic acids is 1. The van der Waals surface area contributed by atoms with Crippen LogP contribution in [0.15, 0.2) is 36.5 Å². The Labute approximate surface area is 196 Å². The first-order valence-electron chi connectivity index (χ1n) is 10.8. The van der Waals surface area contributed by atoms with Crippen LogP contribution in [0.4, 0.5) is 14.9 Å². The zero-order valence-corrected chi connectivity index (χ0v) is 19.2. The molecule has 0 aliphatic carbocycles. The molecule has 1 atom stereocenters. The Bertz CT molecular complexity index is 1210. The lowest BCUT2D eigenvalue weighted by atomic mass is 9.68. The normalized spacial score (nSPS) is 15.9. The van der Waals surface area contributed by atoms with Gasteiger partial charge in [0.1, 0.15) is 5.82 Å². The number of piperidine rings is 1. The number of aliphatic hydroxyl groups excluding tert-OH is 1. The molecule has 33 heavy (non-hydrogen) atoms. The van der Waals surface area contributed by atoms with E-state index in [4.69, 9.17) is 16.9 Å². The number of rotatable bonds is 4. The minimum atomic E-state index is -1.11. The Morgan fingerprint density at radius 2 is 2.03 bits per heavy atom. The van der Waals surface area contributed by atoms with Gasteiger partial charge < -0.3 is 15.3 Å². The topological polar surface area (TPSA) is 105 Å². The number of aliphatic hydroxyl groups is 1. The van der Waals surface area contributed by atoms with E-state index in [1.54, 1.807) is 35.4 Å². The van der Waals surface area contributed by atoms with Crippen LogP contribution in [0.5, 0.6) is 0 Å². The van der Waals surface area contributed by atoms with E-state index in [9.17, 15) is 14.3 Å². The first-order valence-corrected chi connectivity index (χ1v) is 11.1. The number of H-pyrrole nitrogens is 1. The summed E-state index contributed by atoms with van der Waals surface area (Å²) in [5.41, 5.74) is 1.05. The number of hydrogen-bond donors (Lipinski definition) is 3. The van der Waals surface area contributed by atoms with Gasteiger partial charge in [-0.3, -0.25) is 5.10 Å². The molecule has 172 valence electrons. The monoisotopic (exact) mass is 469 g/mol. The van der Waals surface area contributed by atoms with Crippen LogP contribution in [-0.2, 0) is 0 Å². The van der Waals surface area contributed by atoms with Crippen LogP contribution in [0.3, 0.4) is 0 Å². The van der Waals surface area contributed by atoms with E-state index in [2.05, 4.69) is 15.5 Å². The molecule has 2 amide bonds. The Morgan fingerprint density at radius 1 is 1.36 bits per heavy atom. The second-order valence-corrected chi connectivity index (χ2v) is 9.43. The molecular weight excluding hydrogens is 445 g/mol. The number of halogens is 2. The summed E-state index contributed by atoms with van der Waals surface area (Å²) in [6.07, 6.45) is 1.77. The number of likely N-dealkylation sites (tertiary alicyclic amines) is 1. The molecule has 1 aliphatic heterocycles. The molecule has 4 rings (SSSR count). The number of aromatic amines is 1. The lowest BCUT2D eigenvalue weighted by Gasteiger charge is -2.43. The number of fused-ring (bicyclic) bond motifs is 1. The van der Waals surface area contributed by atoms with Gasteiger partial charge in [-0.1, -0.05) is 25.4 Å². The highest BCUT2D eigenvalue weighted by Gasteiger charge is 2.41. The first kappa shape index (κ1) is 23.0. The molecular formula is C24H25ClFN5O2. The molecule has 3 aromatic rings. The fourth-order valence-corrected chi connectivity index (χ4v) is 4.79. The predicted octanol–water partition coefficient (Wildman–Crippen LogP) is 5.23. The zero-order chi connectivity index (χ0) is 23.8. The van der Waals surface area contributed by atoms with Crippen molar-refractivity contribution in [3.63, 3.8) is 0 Å². The van der Waals surface area contributed by atoms with E-state index >= 15 is 0 Å². The SMILES string of the molecule is CC(C)(C1CCN(C(=O)Nc2ccc(C#N)cc2)CC1)[C@H](O)c1c(F)c(Cl)cc2cn[nH]c12. The number of urea groups is 1. The quantitative estimate of drug-likeness (QED) is 0.486. The molecule has 1 fully saturated rings. The Kier molecular flexibility index (Phi) is 6.28. The maximum atomic E-state index is 15.0. The molecule has 0 bridgehead atoms. The van der Waals surface area contributed by atoms with E-state index in [1.807, 2.05) is 19.9 Å². The lowest BCUT2D eigenvalue weighted by Crippen LogP contribution is -2.45. The van der Waals surface area contributed by atoms with Gasteiger partial charge >= 0.3 is 6.03 Å². The standard InChI is InChI=1S/C24H25ClFN5O2/c1-24(2,22(32)19-20(26)18(25)11-15-13-28-30-21(15)19)16-7-9-31(10-8-16)23(33)29-17-5-3-14(12-27)4-6-17/h3-6,11,13,16,22,32H,7-10H2,1-2H3,(H,28,30)(H,29,33)/t22-/m1/s1. The third-order valence-corrected chi connectivity index (χ3v) is 7.02. The second-order valence-electron chi connectivity index (χ2n) is 9.02. The Balaban J connectivity index is 1.44. The minimum Gasteiger partial charge on any atom is -0.388 e. The second kappa shape index (κ2) is 9.00. The van der Waals surface area contributed by atoms with Crippen LogP contribution in [0.2, 0.25) is 5.02 Å². The predicted molar refractivity (Wildman–Crippen MR) is 124 cm³/mol. The average Bonchev–Trinajstić information content (AvgIpc) is 3.27. The third kappa shape index (κ3) is 4.39. The maximum Gasteiger partial charge on any atom is 0.321 e. The number of carbonyl (C=O) groups is 1. The van der Waals surface area contributed by atoms with E-state index in [-0.39, 0.29) is 22.5 Å². The minimum absolute atomic E-state index is 0.0527. The summed E-state index contributed by atoms with van der Waals surface area (Å²) in [6.45, 7) is 4.86. The van der Waals surface area contributed by atoms with Crippen molar-refractivity contribution < 1.29 is 14.3 Å². The van der Waals surface area contributed by atoms with E-state index in [1.165, 1.54) is 6.07 Å². The summed E-state index contributed by atoms with van der Waals surface area (Å²) in [5.74, 6) is -0.587. The molecule has 3 N–H and O–H groups in total. The number of nitriles is 1. The highest BCUT2D eigenvalue weighted by atomic mass is 35.5. The summed E-state index contributed by atoms with van der Waals surface area (Å²) < 4.78 is 15.0. The van der Waals surface area contributed by atoms with Crippen LogP contribution in [0, 0.1) is 28.5 Å². The maximum absolute atomic E-state index is 15.0. The van der Waals surface area contributed by atoms with Crippen LogP contribution in [-0.4, -0.2) is 39.3 Å². The number of nitrogens with one attached hydrogen (secondary N) is 2. The molecule has 1 aromatic heterocycles. The summed E-state index contributed by atoms with van der Waals surface area (Å²) in [7, 11) is 0. The van der Waals surface area contributed by atoms with Crippen molar-refractivity contribution in [3.05, 3.63) is 58.5 Å². The van der Waals surface area contributed by atoms with Gasteiger partial charge in [0.05, 0.1) is 34.5 Å². The van der Waals surface area contributed by atoms with Gasteiger partial charge in [0.2, 0.25) is 0 Å². The summed E-state index contributed by atoms with van der Waals surface area (Å²) in [4.78, 5) is 14.4. The summed E-state index contributed by atoms with van der Waals surface area (Å²) >= 11 is 6.07. The Hall–Kier alpha value is -3.15. The van der Waals surface area contributed by atoms with Crippen molar-refractivity contribution in [2.24, 2.45) is 11.3 Å². The number of amides is 2. The van der Waals surface area contributed by atoms with Crippen LogP contribution in [0.25, 0.3) is 10.9 Å². The van der Waals surface area contributed by atoms with Gasteiger partial charge in [-0.25, -0.2) is 9.18 Å². The van der Waals surface area contributed by atoms with E-state index in [0.717, 1.165) is 0 Å². The zero-order valence-electron chi connectivity index (χ0n) is 18.4. The fourth-order valence-electron chi connectivity index (χ4n) is 4.57. The van der Waals surface area contributed by atoms with Crippen LogP contribution in [0.1, 0.15) is 43.9 Å². The summed E-state index contributed by atoms with van der Waals surface area (Å²) in [5, 5.41) is 30.3. The van der Waals surface area contributed by atoms with Gasteiger partial charge in [-0.2, -0.15) is 10.4 Å². The van der Waals surface area contributed by atoms with Crippen molar-refractivity contribution in [1.29, 1.82) is 5.26 Å². The molecule has 2 aromatic carbocycles. The van der Waals surface area contributed by atoms with Gasteiger partial charge in [-0.15, -0.1) is 0 Å². The Morgan fingerprint density at radius 3 is 2.67 bits per heavy atom. The van der Waals surface area contributed by atoms with Gasteiger partial charge in [0.15, 0.2) is 0 Å². The molecule has 0 radical (unpaired) electrons. The number of hydrogen-bond acceptors (Lipinski definition) is 4. The van der Waals surface area contributed by atoms with Crippen molar-refractivity contribution in [3.8, 4) is 6.07 Å². The number of benzene rings is 2. The molecule has 0 spiro atoms. The van der Waals surface area contributed by atoms with Crippen molar-refractivity contribution >= 4 is 34.2 Å².